The lowest BCUT2D eigenvalue weighted by molar-refractivity contribution is -0.105. The molecule has 3 N–H and O–H groups in total. The van der Waals surface area contributed by atoms with E-state index in [0.29, 0.717) is 24.0 Å². The Balaban J connectivity index is 2.21. The van der Waals surface area contributed by atoms with Crippen LogP contribution >= 0.6 is 0 Å². The summed E-state index contributed by atoms with van der Waals surface area (Å²) in [5, 5.41) is 4.16. The molecule has 3 rings (SSSR count). The Morgan fingerprint density at radius 2 is 2.09 bits per heavy atom. The van der Waals surface area contributed by atoms with Gasteiger partial charge in [-0.05, 0) is 35.1 Å². The largest absolute Gasteiger partial charge is 0.383 e. The summed E-state index contributed by atoms with van der Waals surface area (Å²) >= 11 is 0. The van der Waals surface area contributed by atoms with E-state index in [1.54, 1.807) is 24.7 Å². The zero-order valence-corrected chi connectivity index (χ0v) is 12.9. The average molecular weight is 307 g/mol. The van der Waals surface area contributed by atoms with E-state index in [-0.39, 0.29) is 0 Å². The average Bonchev–Trinajstić information content (AvgIpc) is 2.54. The number of fused-ring (bicyclic) bond motifs is 1. The smallest absolute Gasteiger partial charge is 0.212 e. The number of nitrogen functional groups attached to an aromatic ring is 1. The molecule has 0 aromatic carbocycles. The van der Waals surface area contributed by atoms with E-state index in [4.69, 9.17) is 5.73 Å². The Bertz CT molecular complexity index is 876. The minimum absolute atomic E-state index is 0.344. The Hall–Kier alpha value is -3.02. The molecule has 0 bridgehead atoms. The van der Waals surface area contributed by atoms with Crippen LogP contribution in [0.4, 0.5) is 11.6 Å². The molecule has 1 amide bonds. The van der Waals surface area contributed by atoms with Gasteiger partial charge in [0.25, 0.3) is 0 Å². The maximum Gasteiger partial charge on any atom is 0.212 e. The van der Waals surface area contributed by atoms with Gasteiger partial charge in [-0.3, -0.25) is 9.78 Å². The Kier molecular flexibility index (Phi) is 3.89. The number of hydrogen-bond donors (Lipinski definition) is 2. The Morgan fingerprint density at radius 3 is 2.83 bits per heavy atom. The molecule has 0 atom stereocenters. The van der Waals surface area contributed by atoms with Crippen LogP contribution in [-0.4, -0.2) is 21.4 Å². The molecule has 0 saturated heterocycles. The van der Waals surface area contributed by atoms with Crippen LogP contribution in [0.15, 0.2) is 36.8 Å². The highest BCUT2D eigenvalue weighted by Gasteiger charge is 2.12. The quantitative estimate of drug-likeness (QED) is 0.723. The molecule has 0 radical (unpaired) electrons. The van der Waals surface area contributed by atoms with Gasteiger partial charge in [-0.1, -0.05) is 13.8 Å². The van der Waals surface area contributed by atoms with Crippen molar-refractivity contribution in [3.8, 4) is 11.3 Å². The zero-order valence-electron chi connectivity index (χ0n) is 12.9. The standard InChI is InChI=1S/C17H17N5O/c1-10(2)12-3-4-19-7-14(12)15-5-11-6-16(21-9-23)20-8-13(11)17(18)22-15/h3-10H,1-2H3,(H2,18,22)(H,20,21,23). The zero-order chi connectivity index (χ0) is 16.4. The van der Waals surface area contributed by atoms with Crippen LogP contribution in [0, 0.1) is 0 Å². The highest BCUT2D eigenvalue weighted by Crippen LogP contribution is 2.31. The fraction of sp³-hybridized carbons (Fsp3) is 0.176. The van der Waals surface area contributed by atoms with E-state index in [9.17, 15) is 4.79 Å². The van der Waals surface area contributed by atoms with Crippen molar-refractivity contribution in [2.24, 2.45) is 0 Å². The summed E-state index contributed by atoms with van der Waals surface area (Å²) in [6, 6.07) is 5.71. The number of pyridine rings is 3. The normalized spacial score (nSPS) is 10.9. The second-order valence-corrected chi connectivity index (χ2v) is 5.56. The molecule has 0 fully saturated rings. The first-order valence-electron chi connectivity index (χ1n) is 7.31. The molecule has 0 aliphatic rings. The monoisotopic (exact) mass is 307 g/mol. The molecule has 116 valence electrons. The number of anilines is 2. The second-order valence-electron chi connectivity index (χ2n) is 5.56. The van der Waals surface area contributed by atoms with Crippen LogP contribution in [0.2, 0.25) is 0 Å². The first-order chi connectivity index (χ1) is 11.1. The highest BCUT2D eigenvalue weighted by molar-refractivity contribution is 5.95. The Labute approximate surface area is 133 Å². The topological polar surface area (TPSA) is 93.8 Å². The fourth-order valence-corrected chi connectivity index (χ4v) is 2.57. The minimum Gasteiger partial charge on any atom is -0.383 e. The van der Waals surface area contributed by atoms with Crippen molar-refractivity contribution in [1.29, 1.82) is 0 Å². The molecule has 6 heteroatoms. The lowest BCUT2D eigenvalue weighted by Gasteiger charge is -2.13. The van der Waals surface area contributed by atoms with Crippen molar-refractivity contribution in [3.63, 3.8) is 0 Å². The number of aromatic nitrogens is 3. The third kappa shape index (κ3) is 2.83. The van der Waals surface area contributed by atoms with Crippen molar-refractivity contribution in [2.75, 3.05) is 11.1 Å². The molecule has 3 aromatic rings. The summed E-state index contributed by atoms with van der Waals surface area (Å²) in [6.07, 6.45) is 5.78. The molecule has 3 aromatic heterocycles. The third-order valence-electron chi connectivity index (χ3n) is 3.70. The fourth-order valence-electron chi connectivity index (χ4n) is 2.57. The molecule has 0 aliphatic heterocycles. The third-order valence-corrected chi connectivity index (χ3v) is 3.70. The number of carbonyl (C=O) groups is 1. The molecule has 0 unspecified atom stereocenters. The van der Waals surface area contributed by atoms with Gasteiger partial charge in [0, 0.05) is 29.5 Å². The molecule has 6 nitrogen and oxygen atoms in total. The molecule has 3 heterocycles. The summed E-state index contributed by atoms with van der Waals surface area (Å²) in [5.74, 6) is 1.22. The molecular weight excluding hydrogens is 290 g/mol. The van der Waals surface area contributed by atoms with E-state index < -0.39 is 0 Å². The van der Waals surface area contributed by atoms with Gasteiger partial charge in [0.15, 0.2) is 0 Å². The predicted molar refractivity (Wildman–Crippen MR) is 91.0 cm³/mol. The van der Waals surface area contributed by atoms with Gasteiger partial charge >= 0.3 is 0 Å². The van der Waals surface area contributed by atoms with Crippen molar-refractivity contribution in [2.45, 2.75) is 19.8 Å². The van der Waals surface area contributed by atoms with Gasteiger partial charge in [-0.2, -0.15) is 0 Å². The minimum atomic E-state index is 0.344. The van der Waals surface area contributed by atoms with Crippen LogP contribution in [0.25, 0.3) is 22.0 Å². The number of nitrogens with zero attached hydrogens (tertiary/aromatic N) is 3. The van der Waals surface area contributed by atoms with E-state index in [1.165, 1.54) is 0 Å². The number of nitrogens with two attached hydrogens (primary N) is 1. The number of hydrogen-bond acceptors (Lipinski definition) is 5. The number of carbonyl (C=O) groups excluding carboxylic acids is 1. The SMILES string of the molecule is CC(C)c1ccncc1-c1cc2cc(NC=O)ncc2c(N)n1. The molecular formula is C17H17N5O. The van der Waals surface area contributed by atoms with Crippen molar-refractivity contribution < 1.29 is 4.79 Å². The van der Waals surface area contributed by atoms with Crippen LogP contribution in [0.3, 0.4) is 0 Å². The highest BCUT2D eigenvalue weighted by atomic mass is 16.1. The van der Waals surface area contributed by atoms with Gasteiger partial charge in [0.2, 0.25) is 6.41 Å². The van der Waals surface area contributed by atoms with Crippen LogP contribution in [0.5, 0.6) is 0 Å². The summed E-state index contributed by atoms with van der Waals surface area (Å²) < 4.78 is 0. The summed E-state index contributed by atoms with van der Waals surface area (Å²) in [5.41, 5.74) is 8.96. The lowest BCUT2D eigenvalue weighted by atomic mass is 9.96. The maximum absolute atomic E-state index is 10.6. The first-order valence-corrected chi connectivity index (χ1v) is 7.31. The van der Waals surface area contributed by atoms with E-state index >= 15 is 0 Å². The van der Waals surface area contributed by atoms with E-state index in [1.807, 2.05) is 12.1 Å². The summed E-state index contributed by atoms with van der Waals surface area (Å²) in [4.78, 5) is 23.4. The number of rotatable bonds is 4. The molecule has 23 heavy (non-hydrogen) atoms. The summed E-state index contributed by atoms with van der Waals surface area (Å²) in [7, 11) is 0. The van der Waals surface area contributed by atoms with Crippen LogP contribution < -0.4 is 11.1 Å². The van der Waals surface area contributed by atoms with Gasteiger partial charge in [0.1, 0.15) is 11.6 Å². The predicted octanol–water partition coefficient (Wildman–Crippen LogP) is 2.97. The number of nitrogens with one attached hydrogen (secondary N) is 1. The van der Waals surface area contributed by atoms with Gasteiger partial charge in [-0.25, -0.2) is 9.97 Å². The first kappa shape index (κ1) is 14.9. The molecule has 0 aliphatic carbocycles. The lowest BCUT2D eigenvalue weighted by Crippen LogP contribution is -2.00. The van der Waals surface area contributed by atoms with Crippen molar-refractivity contribution in [3.05, 3.63) is 42.4 Å². The van der Waals surface area contributed by atoms with Gasteiger partial charge < -0.3 is 11.1 Å². The summed E-state index contributed by atoms with van der Waals surface area (Å²) in [6.45, 7) is 4.25. The van der Waals surface area contributed by atoms with Crippen molar-refractivity contribution in [1.82, 2.24) is 15.0 Å². The van der Waals surface area contributed by atoms with Gasteiger partial charge in [0.05, 0.1) is 5.69 Å². The molecule has 0 saturated carbocycles. The van der Waals surface area contributed by atoms with E-state index in [2.05, 4.69) is 34.1 Å². The van der Waals surface area contributed by atoms with Crippen LogP contribution in [0.1, 0.15) is 25.3 Å². The Morgan fingerprint density at radius 1 is 1.26 bits per heavy atom. The molecule has 0 spiro atoms. The van der Waals surface area contributed by atoms with Crippen molar-refractivity contribution >= 4 is 28.8 Å². The number of amides is 1. The second kappa shape index (κ2) is 6.00. The van der Waals surface area contributed by atoms with Gasteiger partial charge in [-0.15, -0.1) is 0 Å². The van der Waals surface area contributed by atoms with E-state index in [0.717, 1.165) is 27.6 Å². The maximum atomic E-state index is 10.6. The van der Waals surface area contributed by atoms with Crippen LogP contribution in [-0.2, 0) is 4.79 Å².